The van der Waals surface area contributed by atoms with E-state index < -0.39 is 5.56 Å². The Bertz CT molecular complexity index is 657. The molecule has 0 bridgehead atoms. The highest BCUT2D eigenvalue weighted by Gasteiger charge is 2.36. The van der Waals surface area contributed by atoms with Crippen LogP contribution >= 0.6 is 11.6 Å². The molecule has 7 heteroatoms. The van der Waals surface area contributed by atoms with Gasteiger partial charge in [0.15, 0.2) is 0 Å². The Morgan fingerprint density at radius 2 is 1.96 bits per heavy atom. The van der Waals surface area contributed by atoms with Gasteiger partial charge in [-0.2, -0.15) is 0 Å². The number of H-pyrrole nitrogens is 1. The van der Waals surface area contributed by atoms with Crippen molar-refractivity contribution in [1.82, 2.24) is 14.8 Å². The summed E-state index contributed by atoms with van der Waals surface area (Å²) in [5.41, 5.74) is 0.759. The van der Waals surface area contributed by atoms with Gasteiger partial charge in [0, 0.05) is 37.9 Å². The fraction of sp³-hybridized carbons (Fsp3) is 0.625. The zero-order valence-corrected chi connectivity index (χ0v) is 14.8. The minimum absolute atomic E-state index is 0.0293. The van der Waals surface area contributed by atoms with Crippen molar-refractivity contribution in [2.45, 2.75) is 13.8 Å². The highest BCUT2D eigenvalue weighted by Crippen LogP contribution is 2.26. The smallest absolute Gasteiger partial charge is 0.261 e. The van der Waals surface area contributed by atoms with Crippen molar-refractivity contribution < 1.29 is 9.90 Å². The molecule has 1 saturated heterocycles. The summed E-state index contributed by atoms with van der Waals surface area (Å²) in [6, 6.07) is 0. The third-order valence-electron chi connectivity index (χ3n) is 4.47. The van der Waals surface area contributed by atoms with E-state index in [1.807, 2.05) is 19.0 Å². The number of pyridine rings is 1. The van der Waals surface area contributed by atoms with Crippen molar-refractivity contribution in [3.8, 4) is 0 Å². The largest absolute Gasteiger partial charge is 0.396 e. The van der Waals surface area contributed by atoms with Crippen LogP contribution in [-0.4, -0.2) is 66.1 Å². The number of aromatic nitrogens is 1. The standard InChI is InChI=1S/C16H24ClN3O3/c1-9-13(15(22)18-10(2)14(9)17)16(23)20-6-11(5-19(3)4)12(7-20)8-21/h11-12,21H,5-8H2,1-4H3,(H,18,22)/t11-,12-/m1/s1. The molecule has 1 aliphatic rings. The molecule has 128 valence electrons. The summed E-state index contributed by atoms with van der Waals surface area (Å²) < 4.78 is 0. The number of aliphatic hydroxyl groups excluding tert-OH is 1. The van der Waals surface area contributed by atoms with E-state index >= 15 is 0 Å². The van der Waals surface area contributed by atoms with Gasteiger partial charge in [0.1, 0.15) is 5.56 Å². The molecule has 2 heterocycles. The van der Waals surface area contributed by atoms with Crippen LogP contribution in [0.25, 0.3) is 0 Å². The lowest BCUT2D eigenvalue weighted by atomic mass is 9.97. The van der Waals surface area contributed by atoms with Gasteiger partial charge in [0.05, 0.1) is 5.02 Å². The molecule has 0 unspecified atom stereocenters. The number of nitrogens with one attached hydrogen (secondary N) is 1. The molecule has 2 rings (SSSR count). The number of carbonyl (C=O) groups excluding carboxylic acids is 1. The highest BCUT2D eigenvalue weighted by atomic mass is 35.5. The number of hydrogen-bond acceptors (Lipinski definition) is 4. The lowest BCUT2D eigenvalue weighted by Crippen LogP contribution is -2.35. The average molecular weight is 342 g/mol. The van der Waals surface area contributed by atoms with Crippen molar-refractivity contribution in [2.75, 3.05) is 40.3 Å². The average Bonchev–Trinajstić information content (AvgIpc) is 2.87. The van der Waals surface area contributed by atoms with Crippen LogP contribution in [0.2, 0.25) is 5.02 Å². The number of likely N-dealkylation sites (tertiary alicyclic amines) is 1. The Labute approximate surface area is 141 Å². The molecule has 1 amide bonds. The first-order valence-electron chi connectivity index (χ1n) is 7.70. The second-order valence-corrected chi connectivity index (χ2v) is 6.95. The number of amides is 1. The highest BCUT2D eigenvalue weighted by molar-refractivity contribution is 6.32. The summed E-state index contributed by atoms with van der Waals surface area (Å²) in [4.78, 5) is 31.3. The van der Waals surface area contributed by atoms with Crippen LogP contribution in [0.5, 0.6) is 0 Å². The molecule has 2 N–H and O–H groups in total. The molecule has 0 aliphatic carbocycles. The van der Waals surface area contributed by atoms with Gasteiger partial charge >= 0.3 is 0 Å². The van der Waals surface area contributed by atoms with Crippen molar-refractivity contribution in [2.24, 2.45) is 11.8 Å². The van der Waals surface area contributed by atoms with Crippen LogP contribution in [0, 0.1) is 25.7 Å². The maximum atomic E-state index is 12.8. The van der Waals surface area contributed by atoms with Gasteiger partial charge in [-0.05, 0) is 39.4 Å². The van der Waals surface area contributed by atoms with Crippen LogP contribution in [0.4, 0.5) is 0 Å². The summed E-state index contributed by atoms with van der Waals surface area (Å²) in [6.07, 6.45) is 0. The topological polar surface area (TPSA) is 76.6 Å². The van der Waals surface area contributed by atoms with Gasteiger partial charge in [-0.3, -0.25) is 9.59 Å². The summed E-state index contributed by atoms with van der Waals surface area (Å²) in [7, 11) is 3.93. The second-order valence-electron chi connectivity index (χ2n) is 6.57. The monoisotopic (exact) mass is 341 g/mol. The number of nitrogens with zero attached hydrogens (tertiary/aromatic N) is 2. The lowest BCUT2D eigenvalue weighted by Gasteiger charge is -2.20. The second kappa shape index (κ2) is 7.03. The Hall–Kier alpha value is -1.37. The van der Waals surface area contributed by atoms with Gasteiger partial charge < -0.3 is 19.9 Å². The molecule has 0 spiro atoms. The van der Waals surface area contributed by atoms with Gasteiger partial charge in [-0.15, -0.1) is 0 Å². The Morgan fingerprint density at radius 1 is 1.35 bits per heavy atom. The lowest BCUT2D eigenvalue weighted by molar-refractivity contribution is 0.0777. The maximum absolute atomic E-state index is 12.8. The number of carbonyl (C=O) groups is 1. The first-order chi connectivity index (χ1) is 10.8. The molecule has 0 radical (unpaired) electrons. The fourth-order valence-corrected chi connectivity index (χ4v) is 3.39. The molecular weight excluding hydrogens is 318 g/mol. The third-order valence-corrected chi connectivity index (χ3v) is 5.04. The molecule has 1 aromatic heterocycles. The summed E-state index contributed by atoms with van der Waals surface area (Å²) in [6.45, 7) is 5.21. The Kier molecular flexibility index (Phi) is 5.49. The predicted molar refractivity (Wildman–Crippen MR) is 90.1 cm³/mol. The van der Waals surface area contributed by atoms with Crippen molar-refractivity contribution >= 4 is 17.5 Å². The number of hydrogen-bond donors (Lipinski definition) is 2. The number of aliphatic hydroxyl groups is 1. The van der Waals surface area contributed by atoms with Crippen LogP contribution in [0.1, 0.15) is 21.6 Å². The number of rotatable bonds is 4. The molecular formula is C16H24ClN3O3. The predicted octanol–water partition coefficient (Wildman–Crippen LogP) is 0.887. The van der Waals surface area contributed by atoms with E-state index in [0.29, 0.717) is 29.4 Å². The maximum Gasteiger partial charge on any atom is 0.261 e. The van der Waals surface area contributed by atoms with Crippen LogP contribution < -0.4 is 5.56 Å². The van der Waals surface area contributed by atoms with E-state index in [4.69, 9.17) is 11.6 Å². The van der Waals surface area contributed by atoms with E-state index in [-0.39, 0.29) is 29.9 Å². The van der Waals surface area contributed by atoms with Crippen molar-refractivity contribution in [3.05, 3.63) is 32.2 Å². The number of halogens is 1. The summed E-state index contributed by atoms with van der Waals surface area (Å²) >= 11 is 6.17. The number of aryl methyl sites for hydroxylation is 1. The number of aromatic amines is 1. The summed E-state index contributed by atoms with van der Waals surface area (Å²) in [5.74, 6) is -0.0914. The Morgan fingerprint density at radius 3 is 2.52 bits per heavy atom. The minimum Gasteiger partial charge on any atom is -0.396 e. The molecule has 23 heavy (non-hydrogen) atoms. The first-order valence-corrected chi connectivity index (χ1v) is 8.07. The van der Waals surface area contributed by atoms with E-state index in [1.165, 1.54) is 0 Å². The summed E-state index contributed by atoms with van der Waals surface area (Å²) in [5, 5.41) is 9.98. The van der Waals surface area contributed by atoms with E-state index in [1.54, 1.807) is 18.7 Å². The molecule has 1 fully saturated rings. The molecule has 2 atom stereocenters. The first kappa shape index (κ1) is 18.0. The zero-order chi connectivity index (χ0) is 17.3. The third kappa shape index (κ3) is 3.59. The van der Waals surface area contributed by atoms with Gasteiger partial charge in [-0.1, -0.05) is 11.6 Å². The van der Waals surface area contributed by atoms with E-state index in [0.717, 1.165) is 6.54 Å². The van der Waals surface area contributed by atoms with Crippen LogP contribution in [-0.2, 0) is 0 Å². The molecule has 0 saturated carbocycles. The normalized spacial score (nSPS) is 21.3. The minimum atomic E-state index is -0.411. The van der Waals surface area contributed by atoms with E-state index in [9.17, 15) is 14.7 Å². The SMILES string of the molecule is Cc1[nH]c(=O)c(C(=O)N2C[C@@H](CN(C)C)[C@@H](CO)C2)c(C)c1Cl. The van der Waals surface area contributed by atoms with Crippen molar-refractivity contribution in [3.63, 3.8) is 0 Å². The zero-order valence-electron chi connectivity index (χ0n) is 14.0. The molecule has 0 aromatic carbocycles. The van der Waals surface area contributed by atoms with Gasteiger partial charge in [-0.25, -0.2) is 0 Å². The van der Waals surface area contributed by atoms with Crippen molar-refractivity contribution in [1.29, 1.82) is 0 Å². The van der Waals surface area contributed by atoms with E-state index in [2.05, 4.69) is 4.98 Å². The van der Waals surface area contributed by atoms with Gasteiger partial charge in [0.2, 0.25) is 0 Å². The molecule has 1 aromatic rings. The Balaban J connectivity index is 2.29. The molecule has 6 nitrogen and oxygen atoms in total. The quantitative estimate of drug-likeness (QED) is 0.852. The van der Waals surface area contributed by atoms with Gasteiger partial charge in [0.25, 0.3) is 11.5 Å². The van der Waals surface area contributed by atoms with Crippen LogP contribution in [0.3, 0.4) is 0 Å². The van der Waals surface area contributed by atoms with Crippen LogP contribution in [0.15, 0.2) is 4.79 Å². The fourth-order valence-electron chi connectivity index (χ4n) is 3.25. The molecule has 1 aliphatic heterocycles.